The minimum Gasteiger partial charge on any atom is -0.351 e. The maximum absolute atomic E-state index is 12.3. The van der Waals surface area contributed by atoms with Gasteiger partial charge < -0.3 is 15.5 Å². The number of amides is 3. The molecule has 0 aliphatic carbocycles. The van der Waals surface area contributed by atoms with Gasteiger partial charge in [-0.2, -0.15) is 4.99 Å². The fourth-order valence-corrected chi connectivity index (χ4v) is 4.02. The third kappa shape index (κ3) is 4.97. The van der Waals surface area contributed by atoms with Gasteiger partial charge in [0, 0.05) is 37.3 Å². The van der Waals surface area contributed by atoms with Gasteiger partial charge in [0.25, 0.3) is 11.8 Å². The van der Waals surface area contributed by atoms with Crippen molar-refractivity contribution in [2.24, 2.45) is 4.99 Å². The molecule has 3 amide bonds. The van der Waals surface area contributed by atoms with E-state index in [1.54, 1.807) is 30.3 Å². The molecule has 3 rings (SSSR count). The van der Waals surface area contributed by atoms with Crippen molar-refractivity contribution >= 4 is 40.3 Å². The van der Waals surface area contributed by atoms with Crippen molar-refractivity contribution in [2.75, 3.05) is 25.0 Å². The molecule has 2 N–H and O–H groups in total. The van der Waals surface area contributed by atoms with Crippen LogP contribution in [0.25, 0.3) is 0 Å². The fourth-order valence-electron chi connectivity index (χ4n) is 2.91. The summed E-state index contributed by atoms with van der Waals surface area (Å²) in [5.74, 6) is -0.693. The zero-order valence-electron chi connectivity index (χ0n) is 14.9. The minimum absolute atomic E-state index is 0.0753. The van der Waals surface area contributed by atoms with Gasteiger partial charge in [-0.05, 0) is 37.1 Å². The van der Waals surface area contributed by atoms with E-state index in [2.05, 4.69) is 27.1 Å². The van der Waals surface area contributed by atoms with Crippen molar-refractivity contribution < 1.29 is 14.4 Å². The number of nitrogens with one attached hydrogen (secondary N) is 2. The molecule has 2 heterocycles. The molecule has 2 aliphatic rings. The van der Waals surface area contributed by atoms with Crippen LogP contribution in [0.15, 0.2) is 41.9 Å². The van der Waals surface area contributed by atoms with Crippen LogP contribution < -0.4 is 10.6 Å². The number of rotatable bonds is 6. The number of amidine groups is 1. The van der Waals surface area contributed by atoms with Gasteiger partial charge in [0.1, 0.15) is 5.25 Å². The molecule has 1 fully saturated rings. The van der Waals surface area contributed by atoms with Crippen LogP contribution in [0.3, 0.4) is 0 Å². The van der Waals surface area contributed by atoms with Crippen LogP contribution in [0.5, 0.6) is 0 Å². The third-order valence-electron chi connectivity index (χ3n) is 4.31. The molecule has 0 spiro atoms. The Kier molecular flexibility index (Phi) is 6.28. The standard InChI is InChI=1S/C19H22N4O3S/c1-2-9-20-17(25)13-5-7-14(8-6-13)21-16(24)12-15-18(26)22-19(27-15)23-10-3-4-11-23/h2,5-8,15H,1,3-4,9-12H2,(H,20,25)(H,21,24)/t15-/m1/s1. The number of carbonyl (C=O) groups is 3. The summed E-state index contributed by atoms with van der Waals surface area (Å²) >= 11 is 1.37. The quantitative estimate of drug-likeness (QED) is 0.730. The summed E-state index contributed by atoms with van der Waals surface area (Å²) in [6.07, 6.45) is 3.90. The van der Waals surface area contributed by atoms with Crippen LogP contribution in [0, 0.1) is 0 Å². The first-order valence-electron chi connectivity index (χ1n) is 8.90. The second kappa shape index (κ2) is 8.85. The van der Waals surface area contributed by atoms with Gasteiger partial charge in [-0.25, -0.2) is 0 Å². The van der Waals surface area contributed by atoms with E-state index in [4.69, 9.17) is 0 Å². The highest BCUT2D eigenvalue weighted by atomic mass is 32.2. The number of likely N-dealkylation sites (tertiary alicyclic amines) is 1. The smallest absolute Gasteiger partial charge is 0.262 e. The summed E-state index contributed by atoms with van der Waals surface area (Å²) in [5.41, 5.74) is 1.08. The maximum Gasteiger partial charge on any atom is 0.262 e. The molecule has 0 unspecified atom stereocenters. The van der Waals surface area contributed by atoms with Gasteiger partial charge in [0.15, 0.2) is 5.17 Å². The van der Waals surface area contributed by atoms with Crippen LogP contribution in [0.4, 0.5) is 5.69 Å². The van der Waals surface area contributed by atoms with Crippen LogP contribution >= 0.6 is 11.8 Å². The zero-order chi connectivity index (χ0) is 19.2. The van der Waals surface area contributed by atoms with Crippen LogP contribution in [-0.2, 0) is 9.59 Å². The van der Waals surface area contributed by atoms with E-state index in [9.17, 15) is 14.4 Å². The molecule has 0 bridgehead atoms. The highest BCUT2D eigenvalue weighted by Crippen LogP contribution is 2.29. The van der Waals surface area contributed by atoms with Crippen molar-refractivity contribution in [2.45, 2.75) is 24.5 Å². The molecule has 8 heteroatoms. The molecular weight excluding hydrogens is 364 g/mol. The van der Waals surface area contributed by atoms with E-state index in [1.807, 2.05) is 0 Å². The van der Waals surface area contributed by atoms with E-state index in [0.29, 0.717) is 17.8 Å². The number of nitrogens with zero attached hydrogens (tertiary/aromatic N) is 2. The average molecular weight is 386 g/mol. The number of benzene rings is 1. The first-order chi connectivity index (χ1) is 13.1. The molecule has 0 radical (unpaired) electrons. The van der Waals surface area contributed by atoms with Gasteiger partial charge >= 0.3 is 0 Å². The lowest BCUT2D eigenvalue weighted by Crippen LogP contribution is -2.25. The molecule has 1 aromatic rings. The van der Waals surface area contributed by atoms with E-state index in [1.165, 1.54) is 11.8 Å². The van der Waals surface area contributed by atoms with E-state index in [0.717, 1.165) is 31.1 Å². The summed E-state index contributed by atoms with van der Waals surface area (Å²) in [7, 11) is 0. The molecule has 0 aromatic heterocycles. The second-order valence-corrected chi connectivity index (χ2v) is 7.53. The SMILES string of the molecule is C=CCNC(=O)c1ccc(NC(=O)C[C@H]2SC(N3CCCC3)=NC2=O)cc1. The predicted octanol–water partition coefficient (Wildman–Crippen LogP) is 2.02. The summed E-state index contributed by atoms with van der Waals surface area (Å²) in [6, 6.07) is 6.60. The molecule has 1 atom stereocenters. The Hall–Kier alpha value is -2.61. The zero-order valence-corrected chi connectivity index (χ0v) is 15.8. The number of thioether (sulfide) groups is 1. The minimum atomic E-state index is -0.468. The van der Waals surface area contributed by atoms with Gasteiger partial charge in [-0.1, -0.05) is 17.8 Å². The Bertz CT molecular complexity index is 770. The van der Waals surface area contributed by atoms with Crippen molar-refractivity contribution in [1.29, 1.82) is 0 Å². The lowest BCUT2D eigenvalue weighted by Gasteiger charge is -2.16. The molecule has 142 valence electrons. The Morgan fingerprint density at radius 1 is 1.26 bits per heavy atom. The topological polar surface area (TPSA) is 90.9 Å². The van der Waals surface area contributed by atoms with Crippen molar-refractivity contribution in [1.82, 2.24) is 10.2 Å². The number of carbonyl (C=O) groups excluding carboxylic acids is 3. The fraction of sp³-hybridized carbons (Fsp3) is 0.368. The van der Waals surface area contributed by atoms with Gasteiger partial charge in [-0.15, -0.1) is 6.58 Å². The molecule has 7 nitrogen and oxygen atoms in total. The Balaban J connectivity index is 1.50. The first kappa shape index (κ1) is 19.2. The summed E-state index contributed by atoms with van der Waals surface area (Å²) in [5, 5.41) is 5.73. The molecule has 1 saturated heterocycles. The van der Waals surface area contributed by atoms with Gasteiger partial charge in [0.05, 0.1) is 0 Å². The highest BCUT2D eigenvalue weighted by molar-refractivity contribution is 8.15. The average Bonchev–Trinajstić information content (AvgIpc) is 3.31. The lowest BCUT2D eigenvalue weighted by molar-refractivity contribution is -0.121. The number of anilines is 1. The number of hydrogen-bond donors (Lipinski definition) is 2. The second-order valence-electron chi connectivity index (χ2n) is 6.36. The summed E-state index contributed by atoms with van der Waals surface area (Å²) < 4.78 is 0. The largest absolute Gasteiger partial charge is 0.351 e. The highest BCUT2D eigenvalue weighted by Gasteiger charge is 2.33. The van der Waals surface area contributed by atoms with Crippen molar-refractivity contribution in [3.63, 3.8) is 0 Å². The number of hydrogen-bond acceptors (Lipinski definition) is 5. The molecule has 2 aliphatic heterocycles. The number of aliphatic imine (C=N–C) groups is 1. The molecule has 1 aromatic carbocycles. The van der Waals surface area contributed by atoms with Crippen LogP contribution in [0.2, 0.25) is 0 Å². The van der Waals surface area contributed by atoms with E-state index >= 15 is 0 Å². The predicted molar refractivity (Wildman–Crippen MR) is 107 cm³/mol. The summed E-state index contributed by atoms with van der Waals surface area (Å²) in [6.45, 7) is 5.79. The molecule has 27 heavy (non-hydrogen) atoms. The van der Waals surface area contributed by atoms with Crippen LogP contribution in [0.1, 0.15) is 29.6 Å². The third-order valence-corrected chi connectivity index (χ3v) is 5.53. The Morgan fingerprint density at radius 2 is 1.96 bits per heavy atom. The molecular formula is C19H22N4O3S. The van der Waals surface area contributed by atoms with Crippen LogP contribution in [-0.4, -0.2) is 52.7 Å². The normalized spacial score (nSPS) is 19.0. The lowest BCUT2D eigenvalue weighted by atomic mass is 10.2. The molecule has 0 saturated carbocycles. The first-order valence-corrected chi connectivity index (χ1v) is 9.78. The van der Waals surface area contributed by atoms with Crippen molar-refractivity contribution in [3.8, 4) is 0 Å². The Labute approximate surface area is 162 Å². The summed E-state index contributed by atoms with van der Waals surface area (Å²) in [4.78, 5) is 42.4. The maximum atomic E-state index is 12.3. The Morgan fingerprint density at radius 3 is 2.63 bits per heavy atom. The van der Waals surface area contributed by atoms with E-state index < -0.39 is 5.25 Å². The van der Waals surface area contributed by atoms with E-state index in [-0.39, 0.29) is 24.1 Å². The van der Waals surface area contributed by atoms with Gasteiger partial charge in [-0.3, -0.25) is 14.4 Å². The van der Waals surface area contributed by atoms with Crippen molar-refractivity contribution in [3.05, 3.63) is 42.5 Å². The van der Waals surface area contributed by atoms with Gasteiger partial charge in [0.2, 0.25) is 5.91 Å². The monoisotopic (exact) mass is 386 g/mol.